The van der Waals surface area contributed by atoms with Crippen LogP contribution in [0.4, 0.5) is 0 Å². The molecule has 150 valence electrons. The molecular weight excluding hydrogens is 380 g/mol. The zero-order chi connectivity index (χ0) is 20.7. The van der Waals surface area contributed by atoms with E-state index in [2.05, 4.69) is 24.1 Å². The van der Waals surface area contributed by atoms with Crippen molar-refractivity contribution in [2.24, 2.45) is 5.41 Å². The lowest BCUT2D eigenvalue weighted by Gasteiger charge is -2.10. The van der Waals surface area contributed by atoms with Crippen LogP contribution in [0, 0.1) is 5.41 Å². The zero-order valence-electron chi connectivity index (χ0n) is 16.5. The van der Waals surface area contributed by atoms with Gasteiger partial charge in [-0.2, -0.15) is 4.98 Å². The van der Waals surface area contributed by atoms with Gasteiger partial charge in [-0.25, -0.2) is 8.42 Å². The van der Waals surface area contributed by atoms with Crippen molar-refractivity contribution in [3.63, 3.8) is 0 Å². The van der Waals surface area contributed by atoms with Crippen molar-refractivity contribution >= 4 is 15.7 Å². The van der Waals surface area contributed by atoms with E-state index >= 15 is 0 Å². The molecule has 1 aromatic carbocycles. The first-order chi connectivity index (χ1) is 13.1. The largest absolute Gasteiger partial charge is 0.481 e. The van der Waals surface area contributed by atoms with Gasteiger partial charge < -0.3 is 14.8 Å². The molecule has 2 atom stereocenters. The summed E-state index contributed by atoms with van der Waals surface area (Å²) in [4.78, 5) is 17.2. The normalized spacial score (nSPS) is 20.3. The van der Waals surface area contributed by atoms with Gasteiger partial charge in [0.25, 0.3) is 5.91 Å². The Hall–Kier alpha value is -2.61. The van der Waals surface area contributed by atoms with Gasteiger partial charge in [0.05, 0.1) is 19.1 Å². The monoisotopic (exact) mass is 404 g/mol. The van der Waals surface area contributed by atoms with Crippen molar-refractivity contribution in [3.05, 3.63) is 47.5 Å². The molecule has 0 radical (unpaired) electrons. The van der Waals surface area contributed by atoms with Crippen molar-refractivity contribution in [1.82, 2.24) is 10.3 Å². The first kappa shape index (κ1) is 20.1. The number of aromatic nitrogens is 1. The summed E-state index contributed by atoms with van der Waals surface area (Å²) in [5, 5.41) is 3.05. The van der Waals surface area contributed by atoms with Gasteiger partial charge in [0.2, 0.25) is 11.8 Å². The van der Waals surface area contributed by atoms with Crippen LogP contribution in [0.5, 0.6) is 11.8 Å². The van der Waals surface area contributed by atoms with Gasteiger partial charge in [-0.1, -0.05) is 26.0 Å². The van der Waals surface area contributed by atoms with Gasteiger partial charge in [-0.3, -0.25) is 4.79 Å². The SMILES string of the molecule is COc1ccc(C(=O)NC2C(c3ccc(S(C)(=O)=O)cc3)C2(C)C)c(OC)n1. The lowest BCUT2D eigenvalue weighted by atomic mass is 10.0. The number of ether oxygens (including phenoxy) is 2. The highest BCUT2D eigenvalue weighted by Crippen LogP contribution is 2.58. The average molecular weight is 404 g/mol. The molecule has 0 saturated heterocycles. The van der Waals surface area contributed by atoms with Crippen LogP contribution >= 0.6 is 0 Å². The Morgan fingerprint density at radius 3 is 2.25 bits per heavy atom. The second-order valence-electron chi connectivity index (χ2n) is 7.50. The van der Waals surface area contributed by atoms with Crippen molar-refractivity contribution in [1.29, 1.82) is 0 Å². The minimum Gasteiger partial charge on any atom is -0.481 e. The van der Waals surface area contributed by atoms with E-state index in [9.17, 15) is 13.2 Å². The smallest absolute Gasteiger partial charge is 0.257 e. The molecule has 1 saturated carbocycles. The number of sulfone groups is 1. The summed E-state index contributed by atoms with van der Waals surface area (Å²) in [7, 11) is -0.292. The van der Waals surface area contributed by atoms with Crippen LogP contribution in [0.25, 0.3) is 0 Å². The summed E-state index contributed by atoms with van der Waals surface area (Å²) >= 11 is 0. The molecule has 7 nitrogen and oxygen atoms in total. The minimum atomic E-state index is -3.24. The number of rotatable bonds is 6. The molecule has 1 aromatic heterocycles. The molecule has 0 spiro atoms. The molecule has 0 aliphatic heterocycles. The summed E-state index contributed by atoms with van der Waals surface area (Å²) in [5.41, 5.74) is 1.16. The van der Waals surface area contributed by atoms with E-state index < -0.39 is 9.84 Å². The Kier molecular flexibility index (Phi) is 5.10. The number of benzene rings is 1. The molecule has 1 fully saturated rings. The maximum atomic E-state index is 12.8. The first-order valence-electron chi connectivity index (χ1n) is 8.79. The summed E-state index contributed by atoms with van der Waals surface area (Å²) in [6.07, 6.45) is 1.18. The number of amides is 1. The molecule has 1 aliphatic rings. The second kappa shape index (κ2) is 7.09. The third kappa shape index (κ3) is 3.69. The number of carbonyl (C=O) groups is 1. The fourth-order valence-corrected chi connectivity index (χ4v) is 4.17. The van der Waals surface area contributed by atoms with Crippen molar-refractivity contribution in [3.8, 4) is 11.8 Å². The Balaban J connectivity index is 1.79. The number of hydrogen-bond donors (Lipinski definition) is 1. The Morgan fingerprint density at radius 1 is 1.07 bits per heavy atom. The van der Waals surface area contributed by atoms with Crippen molar-refractivity contribution in [2.45, 2.75) is 30.7 Å². The number of carbonyl (C=O) groups excluding carboxylic acids is 1. The molecule has 2 unspecified atom stereocenters. The summed E-state index contributed by atoms with van der Waals surface area (Å²) < 4.78 is 33.6. The third-order valence-electron chi connectivity index (χ3n) is 5.26. The van der Waals surface area contributed by atoms with Crippen LogP contribution in [0.2, 0.25) is 0 Å². The number of hydrogen-bond acceptors (Lipinski definition) is 6. The summed E-state index contributed by atoms with van der Waals surface area (Å²) in [6, 6.07) is 9.97. The summed E-state index contributed by atoms with van der Waals surface area (Å²) in [6.45, 7) is 4.13. The summed E-state index contributed by atoms with van der Waals surface area (Å²) in [5.74, 6) is 0.371. The molecule has 1 aliphatic carbocycles. The lowest BCUT2D eigenvalue weighted by molar-refractivity contribution is 0.0942. The van der Waals surface area contributed by atoms with E-state index in [4.69, 9.17) is 9.47 Å². The quantitative estimate of drug-likeness (QED) is 0.795. The highest BCUT2D eigenvalue weighted by Gasteiger charge is 2.59. The Bertz CT molecular complexity index is 1000. The van der Waals surface area contributed by atoms with E-state index in [1.165, 1.54) is 20.5 Å². The zero-order valence-corrected chi connectivity index (χ0v) is 17.3. The van der Waals surface area contributed by atoms with Gasteiger partial charge in [0.1, 0.15) is 5.56 Å². The van der Waals surface area contributed by atoms with Crippen LogP contribution in [-0.4, -0.2) is 45.8 Å². The predicted octanol–water partition coefficient (Wildman–Crippen LogP) is 2.42. The van der Waals surface area contributed by atoms with Gasteiger partial charge in [0, 0.05) is 24.3 Å². The predicted molar refractivity (Wildman–Crippen MR) is 105 cm³/mol. The van der Waals surface area contributed by atoms with E-state index in [1.807, 2.05) is 12.1 Å². The molecule has 2 aromatic rings. The Labute approximate surface area is 165 Å². The number of nitrogens with one attached hydrogen (secondary N) is 1. The topological polar surface area (TPSA) is 94.6 Å². The van der Waals surface area contributed by atoms with E-state index in [0.29, 0.717) is 11.4 Å². The molecule has 8 heteroatoms. The maximum Gasteiger partial charge on any atom is 0.257 e. The molecule has 0 bridgehead atoms. The second-order valence-corrected chi connectivity index (χ2v) is 9.52. The van der Waals surface area contributed by atoms with E-state index in [-0.39, 0.29) is 34.1 Å². The van der Waals surface area contributed by atoms with Crippen LogP contribution < -0.4 is 14.8 Å². The standard InChI is InChI=1S/C20H24N2O5S/c1-20(2)16(12-6-8-13(9-7-12)28(5,24)25)17(20)22-18(23)14-10-11-15(26-3)21-19(14)27-4/h6-11,16-17H,1-5H3,(H,22,23). The molecule has 28 heavy (non-hydrogen) atoms. The fourth-order valence-electron chi connectivity index (χ4n) is 3.54. The van der Waals surface area contributed by atoms with Crippen LogP contribution in [0.1, 0.15) is 35.7 Å². The number of pyridine rings is 1. The molecule has 3 rings (SSSR count). The Morgan fingerprint density at radius 2 is 1.71 bits per heavy atom. The number of methoxy groups -OCH3 is 2. The highest BCUT2D eigenvalue weighted by molar-refractivity contribution is 7.90. The van der Waals surface area contributed by atoms with Crippen molar-refractivity contribution in [2.75, 3.05) is 20.5 Å². The number of nitrogens with zero attached hydrogens (tertiary/aromatic N) is 1. The third-order valence-corrected chi connectivity index (χ3v) is 6.39. The molecule has 1 heterocycles. The van der Waals surface area contributed by atoms with Gasteiger partial charge in [0.15, 0.2) is 9.84 Å². The first-order valence-corrected chi connectivity index (χ1v) is 10.7. The lowest BCUT2D eigenvalue weighted by Crippen LogP contribution is -2.29. The van der Waals surface area contributed by atoms with E-state index in [1.54, 1.807) is 24.3 Å². The van der Waals surface area contributed by atoms with E-state index in [0.717, 1.165) is 5.56 Å². The van der Waals surface area contributed by atoms with Crippen LogP contribution in [0.15, 0.2) is 41.3 Å². The minimum absolute atomic E-state index is 0.0854. The fraction of sp³-hybridized carbons (Fsp3) is 0.400. The molecule has 1 N–H and O–H groups in total. The molecular formula is C20H24N2O5S. The van der Waals surface area contributed by atoms with Crippen molar-refractivity contribution < 1.29 is 22.7 Å². The van der Waals surface area contributed by atoms with Gasteiger partial charge in [-0.15, -0.1) is 0 Å². The van der Waals surface area contributed by atoms with Gasteiger partial charge in [-0.05, 0) is 29.2 Å². The van der Waals surface area contributed by atoms with Gasteiger partial charge >= 0.3 is 0 Å². The highest BCUT2D eigenvalue weighted by atomic mass is 32.2. The molecule has 1 amide bonds. The average Bonchev–Trinajstić information content (AvgIpc) is 3.20. The van der Waals surface area contributed by atoms with Crippen LogP contribution in [-0.2, 0) is 9.84 Å². The van der Waals surface area contributed by atoms with Crippen LogP contribution in [0.3, 0.4) is 0 Å². The maximum absolute atomic E-state index is 12.8.